The maximum atomic E-state index is 11.9. The standard InChI is InChI=1S/C15H13BrN2O2/c1-10-6-7-14(19)11(8-10)9-17-18-15(20)12-4-2-3-5-13(12)16/h2-9,19H,1H3,(H,18,20)/b17-9+. The monoisotopic (exact) mass is 332 g/mol. The molecule has 0 spiro atoms. The van der Waals surface area contributed by atoms with E-state index in [1.54, 1.807) is 36.4 Å². The van der Waals surface area contributed by atoms with E-state index in [-0.39, 0.29) is 11.7 Å². The van der Waals surface area contributed by atoms with Gasteiger partial charge in [-0.25, -0.2) is 5.43 Å². The molecule has 20 heavy (non-hydrogen) atoms. The zero-order chi connectivity index (χ0) is 14.5. The van der Waals surface area contributed by atoms with E-state index < -0.39 is 0 Å². The number of phenols is 1. The van der Waals surface area contributed by atoms with Crippen molar-refractivity contribution >= 4 is 28.1 Å². The molecule has 0 aliphatic rings. The first kappa shape index (κ1) is 14.3. The van der Waals surface area contributed by atoms with Crippen molar-refractivity contribution in [3.05, 3.63) is 63.6 Å². The van der Waals surface area contributed by atoms with Crippen molar-refractivity contribution in [2.45, 2.75) is 6.92 Å². The van der Waals surface area contributed by atoms with E-state index in [1.165, 1.54) is 6.21 Å². The van der Waals surface area contributed by atoms with Gasteiger partial charge in [0, 0.05) is 10.0 Å². The van der Waals surface area contributed by atoms with Gasteiger partial charge in [0.25, 0.3) is 5.91 Å². The second-order valence-electron chi connectivity index (χ2n) is 4.24. The van der Waals surface area contributed by atoms with Crippen LogP contribution in [0.15, 0.2) is 52.0 Å². The van der Waals surface area contributed by atoms with Gasteiger partial charge in [-0.3, -0.25) is 4.79 Å². The molecule has 4 nitrogen and oxygen atoms in total. The number of hydrazone groups is 1. The van der Waals surface area contributed by atoms with Crippen LogP contribution >= 0.6 is 15.9 Å². The lowest BCUT2D eigenvalue weighted by Crippen LogP contribution is -2.18. The Balaban J connectivity index is 2.09. The zero-order valence-electron chi connectivity index (χ0n) is 10.8. The van der Waals surface area contributed by atoms with Crippen LogP contribution in [0.2, 0.25) is 0 Å². The van der Waals surface area contributed by atoms with E-state index in [9.17, 15) is 9.90 Å². The van der Waals surface area contributed by atoms with Crippen molar-refractivity contribution in [1.82, 2.24) is 5.43 Å². The fourth-order valence-electron chi connectivity index (χ4n) is 1.64. The van der Waals surface area contributed by atoms with Crippen molar-refractivity contribution in [2.75, 3.05) is 0 Å². The second-order valence-corrected chi connectivity index (χ2v) is 5.10. The van der Waals surface area contributed by atoms with Crippen molar-refractivity contribution < 1.29 is 9.90 Å². The first-order valence-corrected chi connectivity index (χ1v) is 6.75. The minimum absolute atomic E-state index is 0.120. The summed E-state index contributed by atoms with van der Waals surface area (Å²) in [6.07, 6.45) is 1.41. The number of carbonyl (C=O) groups is 1. The summed E-state index contributed by atoms with van der Waals surface area (Å²) in [5.74, 6) is -0.199. The molecule has 2 aromatic rings. The Bertz CT molecular complexity index is 669. The quantitative estimate of drug-likeness (QED) is 0.669. The van der Waals surface area contributed by atoms with E-state index in [0.717, 1.165) is 5.56 Å². The summed E-state index contributed by atoms with van der Waals surface area (Å²) in [5.41, 5.74) is 4.48. The number of aromatic hydroxyl groups is 1. The summed E-state index contributed by atoms with van der Waals surface area (Å²) in [4.78, 5) is 11.9. The topological polar surface area (TPSA) is 61.7 Å². The fraction of sp³-hybridized carbons (Fsp3) is 0.0667. The van der Waals surface area contributed by atoms with Crippen LogP contribution in [0.3, 0.4) is 0 Å². The number of amides is 1. The lowest BCUT2D eigenvalue weighted by Gasteiger charge is -2.03. The Hall–Kier alpha value is -2.14. The van der Waals surface area contributed by atoms with Gasteiger partial charge in [0.05, 0.1) is 11.8 Å². The van der Waals surface area contributed by atoms with Crippen molar-refractivity contribution in [2.24, 2.45) is 5.10 Å². The third-order valence-corrected chi connectivity index (χ3v) is 3.36. The molecule has 0 aliphatic heterocycles. The van der Waals surface area contributed by atoms with Crippen LogP contribution in [0.25, 0.3) is 0 Å². The van der Waals surface area contributed by atoms with Gasteiger partial charge < -0.3 is 5.11 Å². The molecule has 2 rings (SSSR count). The van der Waals surface area contributed by atoms with Gasteiger partial charge in [0.1, 0.15) is 5.75 Å². The van der Waals surface area contributed by atoms with E-state index in [1.807, 2.05) is 13.0 Å². The highest BCUT2D eigenvalue weighted by Gasteiger charge is 2.07. The Kier molecular flexibility index (Phi) is 4.53. The summed E-state index contributed by atoms with van der Waals surface area (Å²) in [5, 5.41) is 13.5. The van der Waals surface area contributed by atoms with Crippen LogP contribution in [-0.2, 0) is 0 Å². The van der Waals surface area contributed by atoms with Gasteiger partial charge in [0.2, 0.25) is 0 Å². The number of hydrogen-bond acceptors (Lipinski definition) is 3. The molecule has 0 bridgehead atoms. The number of phenolic OH excluding ortho intramolecular Hbond substituents is 1. The first-order valence-electron chi connectivity index (χ1n) is 5.95. The Labute approximate surface area is 125 Å². The van der Waals surface area contributed by atoms with E-state index in [2.05, 4.69) is 26.5 Å². The Morgan fingerprint density at radius 1 is 1.30 bits per heavy atom. The Morgan fingerprint density at radius 2 is 2.05 bits per heavy atom. The molecule has 5 heteroatoms. The van der Waals surface area contributed by atoms with Crippen molar-refractivity contribution in [3.8, 4) is 5.75 Å². The van der Waals surface area contributed by atoms with Crippen LogP contribution in [0.5, 0.6) is 5.75 Å². The fourth-order valence-corrected chi connectivity index (χ4v) is 2.11. The van der Waals surface area contributed by atoms with Gasteiger partial charge in [-0.1, -0.05) is 23.8 Å². The molecule has 0 aliphatic carbocycles. The summed E-state index contributed by atoms with van der Waals surface area (Å²) >= 11 is 3.30. The number of hydrogen-bond donors (Lipinski definition) is 2. The van der Waals surface area contributed by atoms with Crippen molar-refractivity contribution in [1.29, 1.82) is 0 Å². The van der Waals surface area contributed by atoms with Crippen LogP contribution in [0, 0.1) is 6.92 Å². The molecule has 0 saturated heterocycles. The maximum Gasteiger partial charge on any atom is 0.272 e. The molecule has 0 heterocycles. The van der Waals surface area contributed by atoms with Crippen LogP contribution in [-0.4, -0.2) is 17.2 Å². The Morgan fingerprint density at radius 3 is 2.80 bits per heavy atom. The van der Waals surface area contributed by atoms with E-state index in [0.29, 0.717) is 15.6 Å². The number of aryl methyl sites for hydroxylation is 1. The first-order chi connectivity index (χ1) is 9.58. The molecular formula is C15H13BrN2O2. The maximum absolute atomic E-state index is 11.9. The molecule has 0 fully saturated rings. The lowest BCUT2D eigenvalue weighted by molar-refractivity contribution is 0.0954. The minimum atomic E-state index is -0.319. The lowest BCUT2D eigenvalue weighted by atomic mass is 10.1. The van der Waals surface area contributed by atoms with Gasteiger partial charge in [-0.2, -0.15) is 5.10 Å². The SMILES string of the molecule is Cc1ccc(O)c(/C=N/NC(=O)c2ccccc2Br)c1. The average Bonchev–Trinajstić information content (AvgIpc) is 2.43. The highest BCUT2D eigenvalue weighted by molar-refractivity contribution is 9.10. The minimum Gasteiger partial charge on any atom is -0.507 e. The number of carbonyl (C=O) groups excluding carboxylic acids is 1. The molecule has 1 amide bonds. The van der Waals surface area contributed by atoms with Crippen LogP contribution in [0.4, 0.5) is 0 Å². The molecule has 0 aromatic heterocycles. The predicted octanol–water partition coefficient (Wildman–Crippen LogP) is 3.23. The third kappa shape index (κ3) is 3.45. The second kappa shape index (κ2) is 6.34. The predicted molar refractivity (Wildman–Crippen MR) is 82.0 cm³/mol. The summed E-state index contributed by atoms with van der Waals surface area (Å²) in [6, 6.07) is 12.2. The third-order valence-electron chi connectivity index (χ3n) is 2.67. The molecular weight excluding hydrogens is 320 g/mol. The van der Waals surface area contributed by atoms with E-state index in [4.69, 9.17) is 0 Å². The smallest absolute Gasteiger partial charge is 0.272 e. The number of benzene rings is 2. The molecule has 102 valence electrons. The van der Waals surface area contributed by atoms with Crippen LogP contribution in [0.1, 0.15) is 21.5 Å². The summed E-state index contributed by atoms with van der Waals surface area (Å²) in [7, 11) is 0. The van der Waals surface area contributed by atoms with Gasteiger partial charge in [0.15, 0.2) is 0 Å². The highest BCUT2D eigenvalue weighted by Crippen LogP contribution is 2.16. The molecule has 2 aromatic carbocycles. The highest BCUT2D eigenvalue weighted by atomic mass is 79.9. The molecule has 0 saturated carbocycles. The molecule has 2 N–H and O–H groups in total. The largest absolute Gasteiger partial charge is 0.507 e. The summed E-state index contributed by atoms with van der Waals surface area (Å²) in [6.45, 7) is 1.91. The molecule has 0 radical (unpaired) electrons. The zero-order valence-corrected chi connectivity index (χ0v) is 12.4. The molecule has 0 unspecified atom stereocenters. The van der Waals surface area contributed by atoms with Crippen LogP contribution < -0.4 is 5.43 Å². The summed E-state index contributed by atoms with van der Waals surface area (Å²) < 4.78 is 0.700. The number of nitrogens with one attached hydrogen (secondary N) is 1. The van der Waals surface area contributed by atoms with Gasteiger partial charge >= 0.3 is 0 Å². The van der Waals surface area contributed by atoms with Gasteiger partial charge in [-0.15, -0.1) is 0 Å². The average molecular weight is 333 g/mol. The number of nitrogens with zero attached hydrogens (tertiary/aromatic N) is 1. The van der Waals surface area contributed by atoms with E-state index >= 15 is 0 Å². The number of halogens is 1. The van der Waals surface area contributed by atoms with Gasteiger partial charge in [-0.05, 0) is 47.1 Å². The molecule has 0 atom stereocenters. The normalized spacial score (nSPS) is 10.7. The number of rotatable bonds is 3. The van der Waals surface area contributed by atoms with Crippen molar-refractivity contribution in [3.63, 3.8) is 0 Å².